The number of esters is 1. The summed E-state index contributed by atoms with van der Waals surface area (Å²) in [5.41, 5.74) is 0. The van der Waals surface area contributed by atoms with Gasteiger partial charge >= 0.3 is 5.97 Å². The monoisotopic (exact) mass is 288 g/mol. The molecule has 19 heavy (non-hydrogen) atoms. The number of nitrogens with zero attached hydrogens (tertiary/aromatic N) is 1. The number of carbonyl (C=O) groups excluding carboxylic acids is 3. The van der Waals surface area contributed by atoms with E-state index in [0.29, 0.717) is 25.4 Å². The Morgan fingerprint density at radius 3 is 3.00 bits per heavy atom. The number of thioether (sulfide) groups is 1. The largest absolute Gasteiger partial charge is 0.469 e. The number of hydrogen-bond donors (Lipinski definition) is 1. The number of amides is 2. The highest BCUT2D eigenvalue weighted by Gasteiger charge is 2.34. The molecule has 7 nitrogen and oxygen atoms in total. The molecule has 2 atom stereocenters. The van der Waals surface area contributed by atoms with Crippen molar-refractivity contribution in [2.45, 2.75) is 18.6 Å². The van der Waals surface area contributed by atoms with Crippen LogP contribution < -0.4 is 5.32 Å². The minimum absolute atomic E-state index is 0.114. The second kappa shape index (κ2) is 6.25. The zero-order valence-electron chi connectivity index (χ0n) is 10.6. The summed E-state index contributed by atoms with van der Waals surface area (Å²) in [4.78, 5) is 36.1. The zero-order valence-corrected chi connectivity index (χ0v) is 11.4. The molecule has 2 saturated heterocycles. The van der Waals surface area contributed by atoms with E-state index in [9.17, 15) is 14.4 Å². The van der Waals surface area contributed by atoms with Crippen molar-refractivity contribution in [3.8, 4) is 0 Å². The molecule has 8 heteroatoms. The van der Waals surface area contributed by atoms with Gasteiger partial charge in [0.2, 0.25) is 5.91 Å². The van der Waals surface area contributed by atoms with Gasteiger partial charge in [-0.2, -0.15) is 0 Å². The Balaban J connectivity index is 1.88. The second-order valence-electron chi connectivity index (χ2n) is 4.35. The number of rotatable bonds is 3. The molecule has 0 radical (unpaired) electrons. The minimum atomic E-state index is -0.464. The fraction of sp³-hybridized carbons (Fsp3) is 0.727. The van der Waals surface area contributed by atoms with Gasteiger partial charge in [0.15, 0.2) is 0 Å². The molecule has 0 spiro atoms. The van der Waals surface area contributed by atoms with E-state index < -0.39 is 6.04 Å². The molecule has 2 amide bonds. The third-order valence-corrected chi connectivity index (χ3v) is 3.92. The lowest BCUT2D eigenvalue weighted by Crippen LogP contribution is -2.52. The summed E-state index contributed by atoms with van der Waals surface area (Å²) in [6.45, 7) is 1.22. The predicted octanol–water partition coefficient (Wildman–Crippen LogP) is -0.398. The Morgan fingerprint density at radius 1 is 1.58 bits per heavy atom. The van der Waals surface area contributed by atoms with Crippen molar-refractivity contribution < 1.29 is 23.9 Å². The maximum Gasteiger partial charge on any atom is 0.308 e. The van der Waals surface area contributed by atoms with Gasteiger partial charge in [-0.25, -0.2) is 0 Å². The molecule has 0 bridgehead atoms. The van der Waals surface area contributed by atoms with Crippen molar-refractivity contribution in [3.63, 3.8) is 0 Å². The minimum Gasteiger partial charge on any atom is -0.469 e. The van der Waals surface area contributed by atoms with Gasteiger partial charge in [0, 0.05) is 18.8 Å². The number of morpholine rings is 1. The van der Waals surface area contributed by atoms with Crippen molar-refractivity contribution in [2.24, 2.45) is 0 Å². The first-order valence-electron chi connectivity index (χ1n) is 6.00. The molecule has 2 unspecified atom stereocenters. The average Bonchev–Trinajstić information content (AvgIpc) is 2.84. The van der Waals surface area contributed by atoms with E-state index in [1.807, 2.05) is 0 Å². The van der Waals surface area contributed by atoms with Crippen LogP contribution in [0.4, 0.5) is 4.79 Å². The summed E-state index contributed by atoms with van der Waals surface area (Å²) in [7, 11) is 1.32. The van der Waals surface area contributed by atoms with E-state index in [4.69, 9.17) is 4.74 Å². The highest BCUT2D eigenvalue weighted by molar-refractivity contribution is 8.14. The second-order valence-corrected chi connectivity index (χ2v) is 5.35. The van der Waals surface area contributed by atoms with Gasteiger partial charge in [-0.15, -0.1) is 0 Å². The molecule has 0 aromatic rings. The molecule has 106 valence electrons. The van der Waals surface area contributed by atoms with Crippen LogP contribution in [-0.2, 0) is 19.1 Å². The summed E-state index contributed by atoms with van der Waals surface area (Å²) >= 11 is 1.11. The third kappa shape index (κ3) is 3.60. The quantitative estimate of drug-likeness (QED) is 0.711. The van der Waals surface area contributed by atoms with Crippen molar-refractivity contribution in [1.82, 2.24) is 10.2 Å². The van der Waals surface area contributed by atoms with Crippen LogP contribution in [0.1, 0.15) is 6.42 Å². The molecule has 0 aromatic heterocycles. The predicted molar refractivity (Wildman–Crippen MR) is 67.7 cm³/mol. The zero-order chi connectivity index (χ0) is 13.8. The summed E-state index contributed by atoms with van der Waals surface area (Å²) in [6, 6.07) is -0.464. The van der Waals surface area contributed by atoms with Crippen molar-refractivity contribution >= 4 is 28.9 Å². The molecule has 0 saturated carbocycles. The Kier molecular flexibility index (Phi) is 4.65. The molecule has 2 aliphatic heterocycles. The first kappa shape index (κ1) is 14.1. The molecular formula is C11H16N2O5S. The van der Waals surface area contributed by atoms with Gasteiger partial charge in [0.05, 0.1) is 26.2 Å². The van der Waals surface area contributed by atoms with Gasteiger partial charge in [-0.1, -0.05) is 11.8 Å². The Morgan fingerprint density at radius 2 is 2.37 bits per heavy atom. The number of methoxy groups -OCH3 is 1. The van der Waals surface area contributed by atoms with E-state index in [2.05, 4.69) is 10.1 Å². The summed E-state index contributed by atoms with van der Waals surface area (Å²) in [5.74, 6) is -0.0167. The summed E-state index contributed by atoms with van der Waals surface area (Å²) in [6.07, 6.45) is -0.207. The van der Waals surface area contributed by atoms with Crippen molar-refractivity contribution in [2.75, 3.05) is 32.6 Å². The normalized spacial score (nSPS) is 27.0. The SMILES string of the molecule is COC(=O)CC1CN(C(=O)C2CSC(=O)N2)CCO1. The maximum absolute atomic E-state index is 12.2. The van der Waals surface area contributed by atoms with Crippen LogP contribution in [0.3, 0.4) is 0 Å². The standard InChI is InChI=1S/C11H16N2O5S/c1-17-9(14)4-7-5-13(2-3-18-7)10(15)8-6-19-11(16)12-8/h7-8H,2-6H2,1H3,(H,12,16). The molecule has 2 fully saturated rings. The molecule has 0 aromatic carbocycles. The first-order chi connectivity index (χ1) is 9.10. The lowest BCUT2D eigenvalue weighted by molar-refractivity contribution is -0.150. The maximum atomic E-state index is 12.2. The molecule has 2 heterocycles. The molecule has 0 aliphatic carbocycles. The molecule has 2 aliphatic rings. The van der Waals surface area contributed by atoms with E-state index in [1.165, 1.54) is 7.11 Å². The van der Waals surface area contributed by atoms with E-state index in [0.717, 1.165) is 11.8 Å². The first-order valence-corrected chi connectivity index (χ1v) is 6.99. The molecular weight excluding hydrogens is 272 g/mol. The van der Waals surface area contributed by atoms with E-state index in [1.54, 1.807) is 4.90 Å². The van der Waals surface area contributed by atoms with E-state index >= 15 is 0 Å². The molecule has 2 rings (SSSR count). The van der Waals surface area contributed by atoms with Crippen LogP contribution in [0.25, 0.3) is 0 Å². The number of carbonyl (C=O) groups is 3. The smallest absolute Gasteiger partial charge is 0.308 e. The fourth-order valence-corrected chi connectivity index (χ4v) is 2.82. The van der Waals surface area contributed by atoms with Crippen LogP contribution in [0.5, 0.6) is 0 Å². The lowest BCUT2D eigenvalue weighted by atomic mass is 10.2. The van der Waals surface area contributed by atoms with Gasteiger partial charge in [-0.3, -0.25) is 14.4 Å². The van der Waals surface area contributed by atoms with Gasteiger partial charge < -0.3 is 19.7 Å². The Labute approximate surface area is 115 Å². The number of nitrogens with one attached hydrogen (secondary N) is 1. The van der Waals surface area contributed by atoms with Crippen LogP contribution in [0.15, 0.2) is 0 Å². The van der Waals surface area contributed by atoms with Crippen LogP contribution in [0, 0.1) is 0 Å². The van der Waals surface area contributed by atoms with Crippen LogP contribution in [-0.4, -0.2) is 66.7 Å². The number of hydrogen-bond acceptors (Lipinski definition) is 6. The number of ether oxygens (including phenoxy) is 2. The topological polar surface area (TPSA) is 84.9 Å². The Bertz CT molecular complexity index is 389. The highest BCUT2D eigenvalue weighted by Crippen LogP contribution is 2.17. The Hall–Kier alpha value is -1.28. The lowest BCUT2D eigenvalue weighted by Gasteiger charge is -2.33. The van der Waals surface area contributed by atoms with Crippen LogP contribution >= 0.6 is 11.8 Å². The summed E-state index contributed by atoms with van der Waals surface area (Å²) < 4.78 is 10.0. The van der Waals surface area contributed by atoms with Crippen LogP contribution in [0.2, 0.25) is 0 Å². The average molecular weight is 288 g/mol. The third-order valence-electron chi connectivity index (χ3n) is 3.04. The van der Waals surface area contributed by atoms with Gasteiger partial charge in [0.1, 0.15) is 6.04 Å². The van der Waals surface area contributed by atoms with Gasteiger partial charge in [0.25, 0.3) is 5.24 Å². The molecule has 1 N–H and O–H groups in total. The van der Waals surface area contributed by atoms with Crippen molar-refractivity contribution in [3.05, 3.63) is 0 Å². The fourth-order valence-electron chi connectivity index (χ4n) is 2.05. The van der Waals surface area contributed by atoms with E-state index in [-0.39, 0.29) is 29.6 Å². The summed E-state index contributed by atoms with van der Waals surface area (Å²) in [5, 5.41) is 2.45. The highest BCUT2D eigenvalue weighted by atomic mass is 32.2. The van der Waals surface area contributed by atoms with Gasteiger partial charge in [-0.05, 0) is 0 Å². The van der Waals surface area contributed by atoms with Crippen molar-refractivity contribution in [1.29, 1.82) is 0 Å².